The number of hydrogen-bond donors (Lipinski definition) is 2. The van der Waals surface area contributed by atoms with Crippen molar-refractivity contribution in [1.82, 2.24) is 9.88 Å². The van der Waals surface area contributed by atoms with E-state index in [1.54, 1.807) is 0 Å². The van der Waals surface area contributed by atoms with Gasteiger partial charge in [0.25, 0.3) is 0 Å². The summed E-state index contributed by atoms with van der Waals surface area (Å²) in [5.74, 6) is -0.133. The Hall–Kier alpha value is -2.25. The van der Waals surface area contributed by atoms with Gasteiger partial charge < -0.3 is 10.6 Å². The number of amides is 2. The van der Waals surface area contributed by atoms with Crippen LogP contribution in [0.25, 0.3) is 0 Å². The molecule has 2 amide bonds. The number of anilines is 2. The molecule has 0 saturated carbocycles. The van der Waals surface area contributed by atoms with Crippen LogP contribution in [0.4, 0.5) is 10.8 Å². The van der Waals surface area contributed by atoms with Crippen molar-refractivity contribution in [3.8, 4) is 0 Å². The second-order valence-electron chi connectivity index (χ2n) is 5.95. The Kier molecular flexibility index (Phi) is 4.92. The Labute approximate surface area is 144 Å². The van der Waals surface area contributed by atoms with Crippen LogP contribution < -0.4 is 10.6 Å². The van der Waals surface area contributed by atoms with E-state index in [1.807, 2.05) is 31.2 Å². The van der Waals surface area contributed by atoms with Crippen LogP contribution in [0.15, 0.2) is 24.3 Å². The van der Waals surface area contributed by atoms with Gasteiger partial charge in [0.15, 0.2) is 5.13 Å². The number of rotatable bonds is 4. The monoisotopic (exact) mass is 344 g/mol. The van der Waals surface area contributed by atoms with Gasteiger partial charge in [-0.3, -0.25) is 14.5 Å². The largest absolute Gasteiger partial charge is 0.325 e. The lowest BCUT2D eigenvalue weighted by molar-refractivity contribution is -0.117. The molecule has 0 spiro atoms. The Morgan fingerprint density at radius 2 is 2.17 bits per heavy atom. The smallest absolute Gasteiger partial charge is 0.238 e. The summed E-state index contributed by atoms with van der Waals surface area (Å²) in [5.41, 5.74) is 2.97. The molecule has 0 radical (unpaired) electrons. The lowest BCUT2D eigenvalue weighted by Gasteiger charge is -2.25. The Morgan fingerprint density at radius 3 is 2.92 bits per heavy atom. The zero-order valence-corrected chi connectivity index (χ0v) is 14.6. The van der Waals surface area contributed by atoms with Gasteiger partial charge >= 0.3 is 0 Å². The van der Waals surface area contributed by atoms with Crippen LogP contribution in [0.3, 0.4) is 0 Å². The van der Waals surface area contributed by atoms with E-state index in [-0.39, 0.29) is 11.8 Å². The van der Waals surface area contributed by atoms with E-state index in [1.165, 1.54) is 18.3 Å². The van der Waals surface area contributed by atoms with Gasteiger partial charge in [-0.15, -0.1) is 11.3 Å². The van der Waals surface area contributed by atoms with Crippen molar-refractivity contribution in [1.29, 1.82) is 0 Å². The molecule has 1 aromatic heterocycles. The SMILES string of the molecule is CC(=O)Nc1nc2c(s1)CN(CC(=O)Nc1cccc(C)c1)CC2. The quantitative estimate of drug-likeness (QED) is 0.893. The molecule has 2 N–H and O–H groups in total. The highest BCUT2D eigenvalue weighted by Crippen LogP contribution is 2.28. The van der Waals surface area contributed by atoms with Crippen LogP contribution in [0.5, 0.6) is 0 Å². The van der Waals surface area contributed by atoms with Gasteiger partial charge in [0.05, 0.1) is 12.2 Å². The summed E-state index contributed by atoms with van der Waals surface area (Å²) >= 11 is 1.48. The maximum Gasteiger partial charge on any atom is 0.238 e. The first-order valence-electron chi connectivity index (χ1n) is 7.84. The normalized spacial score (nSPS) is 14.1. The molecule has 6 nitrogen and oxygen atoms in total. The molecule has 2 heterocycles. The lowest BCUT2D eigenvalue weighted by atomic mass is 10.2. The van der Waals surface area contributed by atoms with Crippen LogP contribution in [-0.2, 0) is 22.6 Å². The second kappa shape index (κ2) is 7.11. The molecular weight excluding hydrogens is 324 g/mol. The van der Waals surface area contributed by atoms with E-state index < -0.39 is 0 Å². The maximum absolute atomic E-state index is 12.2. The fourth-order valence-corrected chi connectivity index (χ4v) is 3.81. The number of benzene rings is 1. The molecule has 0 aliphatic carbocycles. The predicted molar refractivity (Wildman–Crippen MR) is 95.2 cm³/mol. The van der Waals surface area contributed by atoms with Gasteiger partial charge in [-0.2, -0.15) is 0 Å². The highest BCUT2D eigenvalue weighted by atomic mass is 32.1. The maximum atomic E-state index is 12.2. The highest BCUT2D eigenvalue weighted by molar-refractivity contribution is 7.15. The molecule has 0 saturated heterocycles. The van der Waals surface area contributed by atoms with Gasteiger partial charge in [-0.1, -0.05) is 12.1 Å². The van der Waals surface area contributed by atoms with Crippen molar-refractivity contribution in [3.05, 3.63) is 40.4 Å². The molecule has 1 aliphatic rings. The summed E-state index contributed by atoms with van der Waals surface area (Å²) in [5, 5.41) is 6.30. The fraction of sp³-hybridized carbons (Fsp3) is 0.353. The van der Waals surface area contributed by atoms with Gasteiger partial charge in [-0.25, -0.2) is 4.98 Å². The number of aryl methyl sites for hydroxylation is 1. The van der Waals surface area contributed by atoms with Crippen LogP contribution >= 0.6 is 11.3 Å². The zero-order valence-electron chi connectivity index (χ0n) is 13.8. The Bertz CT molecular complexity index is 772. The topological polar surface area (TPSA) is 74.3 Å². The molecule has 126 valence electrons. The van der Waals surface area contributed by atoms with Crippen LogP contribution in [0.1, 0.15) is 23.1 Å². The standard InChI is InChI=1S/C17H20N4O2S/c1-11-4-3-5-13(8-11)19-16(23)10-21-7-6-14-15(9-21)24-17(20-14)18-12(2)22/h3-5,8H,6-7,9-10H2,1-2H3,(H,19,23)(H,18,20,22). The third-order valence-electron chi connectivity index (χ3n) is 3.76. The number of carbonyl (C=O) groups excluding carboxylic acids is 2. The summed E-state index contributed by atoms with van der Waals surface area (Å²) in [7, 11) is 0. The summed E-state index contributed by atoms with van der Waals surface area (Å²) in [4.78, 5) is 31.0. The average molecular weight is 344 g/mol. The summed E-state index contributed by atoms with van der Waals surface area (Å²) in [6, 6.07) is 7.77. The number of hydrogen-bond acceptors (Lipinski definition) is 5. The van der Waals surface area contributed by atoms with E-state index >= 15 is 0 Å². The molecule has 0 unspecified atom stereocenters. The molecule has 1 aliphatic heterocycles. The first kappa shape index (κ1) is 16.6. The third-order valence-corrected chi connectivity index (χ3v) is 4.76. The average Bonchev–Trinajstić information content (AvgIpc) is 2.87. The Balaban J connectivity index is 1.58. The molecular formula is C17H20N4O2S. The van der Waals surface area contributed by atoms with Crippen molar-refractivity contribution in [3.63, 3.8) is 0 Å². The summed E-state index contributed by atoms with van der Waals surface area (Å²) in [6.07, 6.45) is 0.795. The minimum absolute atomic E-state index is 0.0179. The third kappa shape index (κ3) is 4.18. The van der Waals surface area contributed by atoms with Crippen LogP contribution in [0.2, 0.25) is 0 Å². The molecule has 1 aromatic carbocycles. The van der Waals surface area contributed by atoms with Gasteiger partial charge in [-0.05, 0) is 24.6 Å². The van der Waals surface area contributed by atoms with Crippen molar-refractivity contribution < 1.29 is 9.59 Å². The van der Waals surface area contributed by atoms with E-state index in [2.05, 4.69) is 20.5 Å². The van der Waals surface area contributed by atoms with E-state index in [9.17, 15) is 9.59 Å². The number of thiazole rings is 1. The summed E-state index contributed by atoms with van der Waals surface area (Å²) in [6.45, 7) is 5.30. The molecule has 2 aromatic rings. The Morgan fingerprint density at radius 1 is 1.33 bits per heavy atom. The minimum Gasteiger partial charge on any atom is -0.325 e. The minimum atomic E-state index is -0.115. The van der Waals surface area contributed by atoms with E-state index in [0.29, 0.717) is 18.2 Å². The fourth-order valence-electron chi connectivity index (χ4n) is 2.71. The first-order valence-corrected chi connectivity index (χ1v) is 8.66. The molecule has 24 heavy (non-hydrogen) atoms. The highest BCUT2D eigenvalue weighted by Gasteiger charge is 2.22. The van der Waals surface area contributed by atoms with Gasteiger partial charge in [0, 0.05) is 37.0 Å². The van der Waals surface area contributed by atoms with Crippen molar-refractivity contribution in [2.45, 2.75) is 26.8 Å². The zero-order chi connectivity index (χ0) is 17.1. The molecule has 0 bridgehead atoms. The molecule has 0 fully saturated rings. The van der Waals surface area contributed by atoms with E-state index in [4.69, 9.17) is 0 Å². The number of fused-ring (bicyclic) bond motifs is 1. The molecule has 3 rings (SSSR count). The van der Waals surface area contributed by atoms with Crippen LogP contribution in [0, 0.1) is 6.92 Å². The van der Waals surface area contributed by atoms with Gasteiger partial charge in [0.1, 0.15) is 0 Å². The number of nitrogens with zero attached hydrogens (tertiary/aromatic N) is 2. The summed E-state index contributed by atoms with van der Waals surface area (Å²) < 4.78 is 0. The lowest BCUT2D eigenvalue weighted by Crippen LogP contribution is -2.36. The van der Waals surface area contributed by atoms with Gasteiger partial charge in [0.2, 0.25) is 11.8 Å². The predicted octanol–water partition coefficient (Wildman–Crippen LogP) is 2.41. The van der Waals surface area contributed by atoms with E-state index in [0.717, 1.165) is 34.8 Å². The second-order valence-corrected chi connectivity index (χ2v) is 7.03. The number of nitrogens with one attached hydrogen (secondary N) is 2. The van der Waals surface area contributed by atoms with Crippen molar-refractivity contribution in [2.24, 2.45) is 0 Å². The van der Waals surface area contributed by atoms with Crippen molar-refractivity contribution >= 4 is 34.0 Å². The van der Waals surface area contributed by atoms with Crippen LogP contribution in [-0.4, -0.2) is 34.8 Å². The number of aromatic nitrogens is 1. The molecule has 7 heteroatoms. The number of carbonyl (C=O) groups is 2. The molecule has 0 atom stereocenters. The first-order chi connectivity index (χ1) is 11.5. The van der Waals surface area contributed by atoms with Crippen molar-refractivity contribution in [2.75, 3.05) is 23.7 Å².